The molecule has 4 heteroatoms. The van der Waals surface area contributed by atoms with Crippen molar-refractivity contribution >= 4 is 5.91 Å². The van der Waals surface area contributed by atoms with Gasteiger partial charge in [-0.05, 0) is 37.8 Å². The summed E-state index contributed by atoms with van der Waals surface area (Å²) < 4.78 is 0. The van der Waals surface area contributed by atoms with Gasteiger partial charge < -0.3 is 16.2 Å². The summed E-state index contributed by atoms with van der Waals surface area (Å²) in [6.07, 6.45) is 7.52. The fourth-order valence-electron chi connectivity index (χ4n) is 3.29. The van der Waals surface area contributed by atoms with Crippen molar-refractivity contribution in [1.29, 1.82) is 0 Å². The molecule has 2 unspecified atom stereocenters. The lowest BCUT2D eigenvalue weighted by Gasteiger charge is -2.34. The number of amides is 1. The third kappa shape index (κ3) is 4.74. The highest BCUT2D eigenvalue weighted by Crippen LogP contribution is 2.37. The van der Waals surface area contributed by atoms with E-state index >= 15 is 0 Å². The van der Waals surface area contributed by atoms with E-state index < -0.39 is 5.41 Å². The number of hydrogen-bond donors (Lipinski definition) is 3. The third-order valence-electron chi connectivity index (χ3n) is 4.77. The van der Waals surface area contributed by atoms with E-state index in [0.29, 0.717) is 0 Å². The van der Waals surface area contributed by atoms with E-state index in [1.165, 1.54) is 19.3 Å². The number of carbonyl (C=O) groups excluding carboxylic acids is 1. The van der Waals surface area contributed by atoms with Crippen LogP contribution in [0.1, 0.15) is 58.8 Å². The summed E-state index contributed by atoms with van der Waals surface area (Å²) in [5.74, 6) is 0.637. The molecule has 0 saturated carbocycles. The number of unbranched alkanes of at least 4 members (excludes halogenated alkanes) is 3. The SMILES string of the molecule is CC(C)CCCCCCC(CO)(C(N)=O)C1CCNC1. The summed E-state index contributed by atoms with van der Waals surface area (Å²) in [5.41, 5.74) is 4.91. The molecule has 0 radical (unpaired) electrons. The summed E-state index contributed by atoms with van der Waals surface area (Å²) in [4.78, 5) is 11.9. The van der Waals surface area contributed by atoms with E-state index in [1.54, 1.807) is 0 Å². The van der Waals surface area contributed by atoms with Gasteiger partial charge in [0.2, 0.25) is 5.91 Å². The molecule has 0 aromatic heterocycles. The topological polar surface area (TPSA) is 75.3 Å². The number of aliphatic hydroxyl groups is 1. The molecule has 118 valence electrons. The lowest BCUT2D eigenvalue weighted by Crippen LogP contribution is -2.47. The van der Waals surface area contributed by atoms with E-state index in [-0.39, 0.29) is 18.4 Å². The first-order valence-corrected chi connectivity index (χ1v) is 8.14. The number of primary amides is 1. The van der Waals surface area contributed by atoms with Crippen molar-refractivity contribution in [3.63, 3.8) is 0 Å². The number of rotatable bonds is 10. The van der Waals surface area contributed by atoms with Gasteiger partial charge in [0.25, 0.3) is 0 Å². The highest BCUT2D eigenvalue weighted by Gasteiger charge is 2.44. The van der Waals surface area contributed by atoms with Gasteiger partial charge >= 0.3 is 0 Å². The molecular formula is C16H32N2O2. The number of carbonyl (C=O) groups is 1. The molecule has 4 N–H and O–H groups in total. The molecule has 0 aliphatic carbocycles. The molecule has 0 spiro atoms. The minimum absolute atomic E-state index is 0.110. The average molecular weight is 284 g/mol. The van der Waals surface area contributed by atoms with Gasteiger partial charge in [-0.2, -0.15) is 0 Å². The van der Waals surface area contributed by atoms with Gasteiger partial charge in [-0.3, -0.25) is 4.79 Å². The summed E-state index contributed by atoms with van der Waals surface area (Å²) in [7, 11) is 0. The Bertz CT molecular complexity index is 288. The van der Waals surface area contributed by atoms with Crippen molar-refractivity contribution < 1.29 is 9.90 Å². The van der Waals surface area contributed by atoms with Gasteiger partial charge in [-0.15, -0.1) is 0 Å². The lowest BCUT2D eigenvalue weighted by molar-refractivity contribution is -0.134. The van der Waals surface area contributed by atoms with Crippen LogP contribution in [0.3, 0.4) is 0 Å². The fourth-order valence-corrected chi connectivity index (χ4v) is 3.29. The molecule has 1 rings (SSSR count). The van der Waals surface area contributed by atoms with Gasteiger partial charge in [0.15, 0.2) is 0 Å². The summed E-state index contributed by atoms with van der Waals surface area (Å²) in [5, 5.41) is 13.0. The van der Waals surface area contributed by atoms with E-state index in [0.717, 1.165) is 44.7 Å². The van der Waals surface area contributed by atoms with Crippen LogP contribution in [0.25, 0.3) is 0 Å². The predicted molar refractivity (Wildman–Crippen MR) is 82.2 cm³/mol. The lowest BCUT2D eigenvalue weighted by atomic mass is 9.71. The predicted octanol–water partition coefficient (Wildman–Crippen LogP) is 2.06. The van der Waals surface area contributed by atoms with Gasteiger partial charge in [0, 0.05) is 0 Å². The average Bonchev–Trinajstić information content (AvgIpc) is 2.92. The minimum atomic E-state index is -0.707. The van der Waals surface area contributed by atoms with Crippen LogP contribution in [0, 0.1) is 17.3 Å². The maximum Gasteiger partial charge on any atom is 0.226 e. The highest BCUT2D eigenvalue weighted by molar-refractivity contribution is 5.81. The first kappa shape index (κ1) is 17.4. The van der Waals surface area contributed by atoms with Gasteiger partial charge in [0.1, 0.15) is 0 Å². The normalized spacial score (nSPS) is 22.1. The Morgan fingerprint density at radius 3 is 2.55 bits per heavy atom. The molecule has 20 heavy (non-hydrogen) atoms. The van der Waals surface area contributed by atoms with Crippen molar-refractivity contribution in [2.24, 2.45) is 23.0 Å². The smallest absolute Gasteiger partial charge is 0.226 e. The van der Waals surface area contributed by atoms with Crippen molar-refractivity contribution in [2.45, 2.75) is 58.8 Å². The zero-order chi connectivity index (χ0) is 15.0. The highest BCUT2D eigenvalue weighted by atomic mass is 16.3. The Kier molecular flexibility index (Phi) is 7.52. The Labute approximate surface area is 123 Å². The van der Waals surface area contributed by atoms with Crippen LogP contribution in [0.2, 0.25) is 0 Å². The van der Waals surface area contributed by atoms with Crippen LogP contribution in [-0.4, -0.2) is 30.7 Å². The maximum absolute atomic E-state index is 11.9. The Hall–Kier alpha value is -0.610. The largest absolute Gasteiger partial charge is 0.395 e. The number of nitrogens with one attached hydrogen (secondary N) is 1. The first-order valence-electron chi connectivity index (χ1n) is 8.14. The molecule has 1 fully saturated rings. The molecule has 1 amide bonds. The summed E-state index contributed by atoms with van der Waals surface area (Å²) in [6, 6.07) is 0. The summed E-state index contributed by atoms with van der Waals surface area (Å²) >= 11 is 0. The first-order chi connectivity index (χ1) is 9.53. The van der Waals surface area contributed by atoms with Crippen molar-refractivity contribution in [1.82, 2.24) is 5.32 Å². The van der Waals surface area contributed by atoms with Crippen LogP contribution < -0.4 is 11.1 Å². The van der Waals surface area contributed by atoms with Crippen LogP contribution in [0.15, 0.2) is 0 Å². The zero-order valence-corrected chi connectivity index (χ0v) is 13.2. The van der Waals surface area contributed by atoms with Gasteiger partial charge in [-0.1, -0.05) is 46.0 Å². The van der Waals surface area contributed by atoms with Crippen molar-refractivity contribution in [3.8, 4) is 0 Å². The Balaban J connectivity index is 2.39. The molecule has 1 aliphatic heterocycles. The second-order valence-electron chi connectivity index (χ2n) is 6.71. The summed E-state index contributed by atoms with van der Waals surface area (Å²) in [6.45, 7) is 6.11. The molecule has 1 aliphatic rings. The molecule has 4 nitrogen and oxygen atoms in total. The van der Waals surface area contributed by atoms with Gasteiger partial charge in [-0.25, -0.2) is 0 Å². The Morgan fingerprint density at radius 1 is 1.35 bits per heavy atom. The quantitative estimate of drug-likeness (QED) is 0.537. The van der Waals surface area contributed by atoms with E-state index in [4.69, 9.17) is 5.73 Å². The molecule has 0 bridgehead atoms. The van der Waals surface area contributed by atoms with Gasteiger partial charge in [0.05, 0.1) is 12.0 Å². The van der Waals surface area contributed by atoms with Crippen LogP contribution in [0.5, 0.6) is 0 Å². The van der Waals surface area contributed by atoms with Crippen LogP contribution >= 0.6 is 0 Å². The van der Waals surface area contributed by atoms with E-state index in [2.05, 4.69) is 19.2 Å². The zero-order valence-electron chi connectivity index (χ0n) is 13.2. The number of nitrogens with two attached hydrogens (primary N) is 1. The minimum Gasteiger partial charge on any atom is -0.395 e. The maximum atomic E-state index is 11.9. The monoisotopic (exact) mass is 284 g/mol. The second-order valence-corrected chi connectivity index (χ2v) is 6.71. The second kappa shape index (κ2) is 8.63. The number of aliphatic hydroxyl groups excluding tert-OH is 1. The molecule has 0 aromatic rings. The molecule has 0 aromatic carbocycles. The molecule has 1 heterocycles. The van der Waals surface area contributed by atoms with Crippen molar-refractivity contribution in [3.05, 3.63) is 0 Å². The third-order valence-corrected chi connectivity index (χ3v) is 4.77. The molecule has 2 atom stereocenters. The van der Waals surface area contributed by atoms with Crippen molar-refractivity contribution in [2.75, 3.05) is 19.7 Å². The van der Waals surface area contributed by atoms with Crippen LogP contribution in [0.4, 0.5) is 0 Å². The van der Waals surface area contributed by atoms with E-state index in [1.807, 2.05) is 0 Å². The van der Waals surface area contributed by atoms with Crippen LogP contribution in [-0.2, 0) is 4.79 Å². The van der Waals surface area contributed by atoms with E-state index in [9.17, 15) is 9.90 Å². The molecular weight excluding hydrogens is 252 g/mol. The fraction of sp³-hybridized carbons (Fsp3) is 0.938. The number of hydrogen-bond acceptors (Lipinski definition) is 3. The standard InChI is InChI=1S/C16H32N2O2/c1-13(2)7-5-3-4-6-9-16(12-19,15(17)20)14-8-10-18-11-14/h13-14,18-19H,3-12H2,1-2H3,(H2,17,20). The molecule has 1 saturated heterocycles. The Morgan fingerprint density at radius 2 is 2.05 bits per heavy atom.